The highest BCUT2D eigenvalue weighted by molar-refractivity contribution is 6.33. The van der Waals surface area contributed by atoms with E-state index >= 15 is 0 Å². The van der Waals surface area contributed by atoms with Crippen LogP contribution in [-0.4, -0.2) is 26.1 Å². The van der Waals surface area contributed by atoms with Gasteiger partial charge in [-0.25, -0.2) is 4.68 Å². The molecule has 0 radical (unpaired) electrons. The van der Waals surface area contributed by atoms with Gasteiger partial charge < -0.3 is 5.32 Å². The zero-order chi connectivity index (χ0) is 16.2. The monoisotopic (exact) mass is 327 g/mol. The minimum Gasteiger partial charge on any atom is -0.321 e. The summed E-state index contributed by atoms with van der Waals surface area (Å²) in [6.45, 7) is 2.60. The van der Waals surface area contributed by atoms with E-state index in [4.69, 9.17) is 11.6 Å². The van der Waals surface area contributed by atoms with E-state index in [-0.39, 0.29) is 5.91 Å². The van der Waals surface area contributed by atoms with E-state index in [1.165, 1.54) is 0 Å². The van der Waals surface area contributed by atoms with E-state index in [2.05, 4.69) is 20.8 Å². The van der Waals surface area contributed by atoms with Crippen LogP contribution in [0.3, 0.4) is 0 Å². The van der Waals surface area contributed by atoms with Gasteiger partial charge in [0.2, 0.25) is 0 Å². The van der Waals surface area contributed by atoms with Crippen LogP contribution in [0.5, 0.6) is 0 Å². The molecule has 0 aliphatic carbocycles. The number of rotatable bonds is 4. The van der Waals surface area contributed by atoms with Gasteiger partial charge in [-0.2, -0.15) is 0 Å². The molecule has 0 fully saturated rings. The molecule has 2 aromatic carbocycles. The predicted octanol–water partition coefficient (Wildman–Crippen LogP) is 3.27. The van der Waals surface area contributed by atoms with Gasteiger partial charge in [0, 0.05) is 17.7 Å². The first-order chi connectivity index (χ1) is 11.2. The molecule has 0 aliphatic heterocycles. The van der Waals surface area contributed by atoms with Gasteiger partial charge >= 0.3 is 0 Å². The molecule has 0 atom stereocenters. The average Bonchev–Trinajstić information content (AvgIpc) is 3.06. The summed E-state index contributed by atoms with van der Waals surface area (Å²) in [6, 6.07) is 14.2. The van der Waals surface area contributed by atoms with Crippen LogP contribution in [0.4, 0.5) is 5.69 Å². The number of hydrogen-bond donors (Lipinski definition) is 1. The zero-order valence-electron chi connectivity index (χ0n) is 12.4. The van der Waals surface area contributed by atoms with Crippen LogP contribution in [-0.2, 0) is 6.54 Å². The highest BCUT2D eigenvalue weighted by atomic mass is 35.5. The van der Waals surface area contributed by atoms with Gasteiger partial charge in [0.1, 0.15) is 0 Å². The van der Waals surface area contributed by atoms with Crippen molar-refractivity contribution >= 4 is 23.2 Å². The number of nitrogens with zero attached hydrogens (tertiary/aromatic N) is 4. The van der Waals surface area contributed by atoms with Gasteiger partial charge in [-0.3, -0.25) is 4.79 Å². The Morgan fingerprint density at radius 1 is 1.22 bits per heavy atom. The quantitative estimate of drug-likeness (QED) is 0.798. The third kappa shape index (κ3) is 3.22. The number of hydrogen-bond acceptors (Lipinski definition) is 4. The van der Waals surface area contributed by atoms with Crippen LogP contribution in [0.25, 0.3) is 11.4 Å². The smallest absolute Gasteiger partial charge is 0.255 e. The molecule has 6 nitrogen and oxygen atoms in total. The second kappa shape index (κ2) is 6.58. The lowest BCUT2D eigenvalue weighted by atomic mass is 10.1. The van der Waals surface area contributed by atoms with Crippen molar-refractivity contribution in [1.82, 2.24) is 20.2 Å². The number of carbonyl (C=O) groups is 1. The number of amides is 1. The lowest BCUT2D eigenvalue weighted by Crippen LogP contribution is -2.12. The van der Waals surface area contributed by atoms with Crippen LogP contribution in [0.1, 0.15) is 17.3 Å². The SMILES string of the molecule is CCn1nnnc1-c1cccc(C(=O)Nc2ccccc2Cl)c1. The number of aromatic nitrogens is 4. The number of nitrogens with one attached hydrogen (secondary N) is 1. The molecule has 1 aromatic heterocycles. The maximum absolute atomic E-state index is 12.4. The Kier molecular flexibility index (Phi) is 4.34. The fraction of sp³-hybridized carbons (Fsp3) is 0.125. The number of benzene rings is 2. The fourth-order valence-corrected chi connectivity index (χ4v) is 2.36. The number of halogens is 1. The summed E-state index contributed by atoms with van der Waals surface area (Å²) in [5.41, 5.74) is 1.86. The van der Waals surface area contributed by atoms with E-state index < -0.39 is 0 Å². The number of aryl methyl sites for hydroxylation is 1. The standard InChI is InChI=1S/C16H14ClN5O/c1-2-22-15(19-20-21-22)11-6-5-7-12(10-11)16(23)18-14-9-4-3-8-13(14)17/h3-10H,2H2,1H3,(H,18,23). The Balaban J connectivity index is 1.88. The molecular formula is C16H14ClN5O. The van der Waals surface area contributed by atoms with Crippen LogP contribution >= 0.6 is 11.6 Å². The summed E-state index contributed by atoms with van der Waals surface area (Å²) < 4.78 is 1.67. The molecule has 3 rings (SSSR count). The molecule has 0 bridgehead atoms. The van der Waals surface area contributed by atoms with Crippen molar-refractivity contribution in [2.75, 3.05) is 5.32 Å². The Bertz CT molecular complexity index is 846. The van der Waals surface area contributed by atoms with Crippen molar-refractivity contribution in [3.8, 4) is 11.4 Å². The van der Waals surface area contributed by atoms with E-state index in [0.717, 1.165) is 5.56 Å². The summed E-state index contributed by atoms with van der Waals surface area (Å²) in [7, 11) is 0. The molecule has 0 saturated carbocycles. The summed E-state index contributed by atoms with van der Waals surface area (Å²) >= 11 is 6.06. The lowest BCUT2D eigenvalue weighted by Gasteiger charge is -2.08. The molecule has 7 heteroatoms. The molecule has 1 heterocycles. The summed E-state index contributed by atoms with van der Waals surface area (Å²) in [4.78, 5) is 12.4. The number of tetrazole rings is 1. The summed E-state index contributed by atoms with van der Waals surface area (Å²) in [5, 5.41) is 14.9. The van der Waals surface area contributed by atoms with Gasteiger partial charge in [0.15, 0.2) is 5.82 Å². The van der Waals surface area contributed by atoms with E-state index in [0.29, 0.717) is 28.6 Å². The third-order valence-corrected chi connectivity index (χ3v) is 3.67. The summed E-state index contributed by atoms with van der Waals surface area (Å²) in [6.07, 6.45) is 0. The topological polar surface area (TPSA) is 72.7 Å². The van der Waals surface area contributed by atoms with Crippen LogP contribution in [0.2, 0.25) is 5.02 Å². The van der Waals surface area contributed by atoms with E-state index in [1.807, 2.05) is 25.1 Å². The van der Waals surface area contributed by atoms with Gasteiger partial charge in [-0.05, 0) is 41.6 Å². The van der Waals surface area contributed by atoms with E-state index in [1.54, 1.807) is 35.0 Å². The molecule has 0 unspecified atom stereocenters. The minimum atomic E-state index is -0.240. The normalized spacial score (nSPS) is 10.5. The zero-order valence-corrected chi connectivity index (χ0v) is 13.2. The maximum atomic E-state index is 12.4. The van der Waals surface area contributed by atoms with Crippen molar-refractivity contribution in [1.29, 1.82) is 0 Å². The number of carbonyl (C=O) groups excluding carboxylic acids is 1. The molecule has 1 amide bonds. The first-order valence-corrected chi connectivity index (χ1v) is 7.49. The Morgan fingerprint density at radius 2 is 2.04 bits per heavy atom. The van der Waals surface area contributed by atoms with Crippen molar-refractivity contribution < 1.29 is 4.79 Å². The molecule has 23 heavy (non-hydrogen) atoms. The Morgan fingerprint density at radius 3 is 2.83 bits per heavy atom. The number of anilines is 1. The van der Waals surface area contributed by atoms with E-state index in [9.17, 15) is 4.79 Å². The highest BCUT2D eigenvalue weighted by Crippen LogP contribution is 2.22. The molecule has 0 aliphatic rings. The van der Waals surface area contributed by atoms with Gasteiger partial charge in [-0.1, -0.05) is 35.9 Å². The van der Waals surface area contributed by atoms with Crippen LogP contribution in [0, 0.1) is 0 Å². The third-order valence-electron chi connectivity index (χ3n) is 3.34. The van der Waals surface area contributed by atoms with Gasteiger partial charge in [0.25, 0.3) is 5.91 Å². The lowest BCUT2D eigenvalue weighted by molar-refractivity contribution is 0.102. The molecule has 0 spiro atoms. The van der Waals surface area contributed by atoms with Gasteiger partial charge in [0.05, 0.1) is 10.7 Å². The minimum absolute atomic E-state index is 0.240. The van der Waals surface area contributed by atoms with Crippen molar-refractivity contribution in [3.05, 3.63) is 59.1 Å². The second-order valence-corrected chi connectivity index (χ2v) is 5.24. The molecule has 3 aromatic rings. The maximum Gasteiger partial charge on any atom is 0.255 e. The Labute approximate surface area is 138 Å². The van der Waals surface area contributed by atoms with Crippen LogP contribution < -0.4 is 5.32 Å². The largest absolute Gasteiger partial charge is 0.321 e. The predicted molar refractivity (Wildman–Crippen MR) is 88.3 cm³/mol. The first-order valence-electron chi connectivity index (χ1n) is 7.11. The van der Waals surface area contributed by atoms with Gasteiger partial charge in [-0.15, -0.1) is 5.10 Å². The van der Waals surface area contributed by atoms with Crippen LogP contribution in [0.15, 0.2) is 48.5 Å². The Hall–Kier alpha value is -2.73. The first kappa shape index (κ1) is 15.2. The second-order valence-electron chi connectivity index (χ2n) is 4.83. The average molecular weight is 328 g/mol. The molecular weight excluding hydrogens is 314 g/mol. The number of para-hydroxylation sites is 1. The summed E-state index contributed by atoms with van der Waals surface area (Å²) in [5.74, 6) is 0.385. The molecule has 0 saturated heterocycles. The molecule has 1 N–H and O–H groups in total. The van der Waals surface area contributed by atoms with Crippen molar-refractivity contribution in [3.63, 3.8) is 0 Å². The van der Waals surface area contributed by atoms with Crippen molar-refractivity contribution in [2.45, 2.75) is 13.5 Å². The highest BCUT2D eigenvalue weighted by Gasteiger charge is 2.12. The van der Waals surface area contributed by atoms with Crippen molar-refractivity contribution in [2.24, 2.45) is 0 Å². The molecule has 116 valence electrons. The fourth-order valence-electron chi connectivity index (χ4n) is 2.18.